The Morgan fingerprint density at radius 1 is 0.808 bits per heavy atom. The number of aryl methyl sites for hydroxylation is 2. The topological polar surface area (TPSA) is 95.5 Å². The van der Waals surface area contributed by atoms with Gasteiger partial charge in [0.15, 0.2) is 0 Å². The van der Waals surface area contributed by atoms with Crippen LogP contribution in [0.4, 0.5) is 0 Å². The van der Waals surface area contributed by atoms with Crippen molar-refractivity contribution in [1.29, 1.82) is 0 Å². The van der Waals surface area contributed by atoms with E-state index >= 15 is 0 Å². The van der Waals surface area contributed by atoms with Crippen LogP contribution in [0.25, 0.3) is 0 Å². The number of nitrogens with zero attached hydrogens (tertiary/aromatic N) is 1. The first-order valence-corrected chi connectivity index (χ1v) is 8.59. The molecule has 0 saturated heterocycles. The summed E-state index contributed by atoms with van der Waals surface area (Å²) in [6.45, 7) is 14.3. The predicted molar refractivity (Wildman–Crippen MR) is 98.2 cm³/mol. The summed E-state index contributed by atoms with van der Waals surface area (Å²) < 4.78 is 0. The van der Waals surface area contributed by atoms with E-state index < -0.39 is 18.3 Å². The Labute approximate surface area is 176 Å². The fourth-order valence-electron chi connectivity index (χ4n) is 1.50. The smallest absolute Gasteiger partial charge is 0.872 e. The maximum absolute atomic E-state index is 11.6. The summed E-state index contributed by atoms with van der Waals surface area (Å²) in [6.07, 6.45) is -1.25. The fraction of sp³-hybridized carbons (Fsp3) is 0.700. The van der Waals surface area contributed by atoms with Crippen molar-refractivity contribution in [1.82, 2.24) is 4.90 Å². The Morgan fingerprint density at radius 2 is 1.12 bits per heavy atom. The molecule has 1 aromatic rings. The first kappa shape index (κ1) is 33.2. The standard InChI is InChI=1S/C11H17NO.3C3H7O.Ti/c1-8-5-9(2)11(13)10(6-8)7-12(3)4;3*1-3(2)4;/h5-6,13H,7H2,1-4H3;3*3H,1-2H3;/q;3*-1;+4/p-1. The van der Waals surface area contributed by atoms with Gasteiger partial charge in [-0.25, -0.2) is 0 Å². The van der Waals surface area contributed by atoms with Crippen LogP contribution in [0.1, 0.15) is 58.2 Å². The Balaban J connectivity index is -0.000000155. The Kier molecular flexibility index (Phi) is 24.7. The van der Waals surface area contributed by atoms with Crippen LogP contribution in [-0.4, -0.2) is 37.3 Å². The second-order valence-electron chi connectivity index (χ2n) is 6.95. The van der Waals surface area contributed by atoms with Gasteiger partial charge in [0.1, 0.15) is 0 Å². The van der Waals surface area contributed by atoms with Crippen LogP contribution in [0.15, 0.2) is 12.1 Å². The molecule has 6 heteroatoms. The first-order chi connectivity index (χ1) is 11.2. The van der Waals surface area contributed by atoms with Crippen molar-refractivity contribution in [2.24, 2.45) is 0 Å². The van der Waals surface area contributed by atoms with Crippen molar-refractivity contribution in [2.75, 3.05) is 14.1 Å². The molecule has 0 bridgehead atoms. The molecule has 1 rings (SSSR count). The maximum Gasteiger partial charge on any atom is 4.00 e. The molecule has 0 aliphatic carbocycles. The molecule has 0 aromatic heterocycles. The third kappa shape index (κ3) is 31.4. The van der Waals surface area contributed by atoms with E-state index in [0.717, 1.165) is 23.2 Å². The molecule has 0 fully saturated rings. The van der Waals surface area contributed by atoms with Gasteiger partial charge in [0.2, 0.25) is 0 Å². The van der Waals surface area contributed by atoms with Crippen LogP contribution < -0.4 is 20.4 Å². The molecule has 0 aliphatic rings. The molecular formula is C20H37NO4Ti. The fourth-order valence-corrected chi connectivity index (χ4v) is 1.50. The summed E-state index contributed by atoms with van der Waals surface area (Å²) >= 11 is 0. The molecule has 0 saturated carbocycles. The van der Waals surface area contributed by atoms with Gasteiger partial charge in [-0.05, 0) is 33.5 Å². The van der Waals surface area contributed by atoms with Crippen molar-refractivity contribution < 1.29 is 42.1 Å². The Hall–Kier alpha value is -0.426. The van der Waals surface area contributed by atoms with E-state index in [1.165, 1.54) is 0 Å². The molecule has 0 atom stereocenters. The van der Waals surface area contributed by atoms with E-state index in [1.54, 1.807) is 41.5 Å². The SMILES string of the molecule is CC(C)[O-].CC(C)[O-].CC(C)[O-].Cc1cc(C)c([O-])c(CN(C)C)c1.[Ti+4]. The zero-order chi connectivity index (χ0) is 20.7. The normalized spacial score (nSPS) is 9.58. The molecule has 0 aliphatic heterocycles. The van der Waals surface area contributed by atoms with Gasteiger partial charge in [-0.3, -0.25) is 0 Å². The van der Waals surface area contributed by atoms with Crippen molar-refractivity contribution in [3.05, 3.63) is 28.8 Å². The van der Waals surface area contributed by atoms with E-state index in [9.17, 15) is 20.4 Å². The summed E-state index contributed by atoms with van der Waals surface area (Å²) in [5.74, 6) is 0.180. The minimum Gasteiger partial charge on any atom is -0.872 e. The van der Waals surface area contributed by atoms with Gasteiger partial charge in [0, 0.05) is 6.54 Å². The number of hydrogen-bond donors (Lipinski definition) is 0. The van der Waals surface area contributed by atoms with Gasteiger partial charge < -0.3 is 25.3 Å². The molecule has 0 amide bonds. The van der Waals surface area contributed by atoms with Gasteiger partial charge >= 0.3 is 21.7 Å². The molecule has 26 heavy (non-hydrogen) atoms. The summed E-state index contributed by atoms with van der Waals surface area (Å²) in [7, 11) is 3.94. The molecule has 1 aromatic carbocycles. The molecule has 0 unspecified atom stereocenters. The zero-order valence-electron chi connectivity index (χ0n) is 18.2. The predicted octanol–water partition coefficient (Wildman–Crippen LogP) is 0.701. The molecule has 0 radical (unpaired) electrons. The molecule has 0 spiro atoms. The third-order valence-electron chi connectivity index (χ3n) is 1.98. The number of rotatable bonds is 2. The summed E-state index contributed by atoms with van der Waals surface area (Å²) in [5, 5.41) is 40.2. The van der Waals surface area contributed by atoms with Gasteiger partial charge in [-0.1, -0.05) is 64.8 Å². The largest absolute Gasteiger partial charge is 4.00 e. The van der Waals surface area contributed by atoms with E-state index in [0.29, 0.717) is 0 Å². The van der Waals surface area contributed by atoms with Crippen LogP contribution in [0.2, 0.25) is 0 Å². The zero-order valence-corrected chi connectivity index (χ0v) is 19.7. The second-order valence-corrected chi connectivity index (χ2v) is 6.95. The van der Waals surface area contributed by atoms with E-state index in [1.807, 2.05) is 45.0 Å². The first-order valence-electron chi connectivity index (χ1n) is 8.59. The maximum atomic E-state index is 11.6. The average Bonchev–Trinajstić information content (AvgIpc) is 2.32. The monoisotopic (exact) mass is 403 g/mol. The average molecular weight is 403 g/mol. The van der Waals surface area contributed by atoms with Gasteiger partial charge in [0.05, 0.1) is 0 Å². The minimum absolute atomic E-state index is 0. The summed E-state index contributed by atoms with van der Waals surface area (Å²) in [5.41, 5.74) is 2.90. The summed E-state index contributed by atoms with van der Waals surface area (Å²) in [4.78, 5) is 2.01. The minimum atomic E-state index is -0.417. The van der Waals surface area contributed by atoms with Gasteiger partial charge in [0.25, 0.3) is 0 Å². The number of benzene rings is 1. The van der Waals surface area contributed by atoms with Crippen LogP contribution in [0, 0.1) is 13.8 Å². The van der Waals surface area contributed by atoms with E-state index in [2.05, 4.69) is 0 Å². The Bertz CT molecular complexity index is 414. The summed E-state index contributed by atoms with van der Waals surface area (Å²) in [6, 6.07) is 3.90. The molecule has 0 heterocycles. The van der Waals surface area contributed by atoms with E-state index in [-0.39, 0.29) is 27.5 Å². The molecular weight excluding hydrogens is 366 g/mol. The quantitative estimate of drug-likeness (QED) is 0.678. The van der Waals surface area contributed by atoms with Crippen LogP contribution in [-0.2, 0) is 28.3 Å². The second kappa shape index (κ2) is 19.3. The Morgan fingerprint density at radius 3 is 1.38 bits per heavy atom. The van der Waals surface area contributed by atoms with Gasteiger partial charge in [-0.2, -0.15) is 0 Å². The van der Waals surface area contributed by atoms with Crippen molar-refractivity contribution >= 4 is 0 Å². The van der Waals surface area contributed by atoms with Crippen LogP contribution in [0.3, 0.4) is 0 Å². The molecule has 5 nitrogen and oxygen atoms in total. The van der Waals surface area contributed by atoms with Crippen molar-refractivity contribution in [3.63, 3.8) is 0 Å². The van der Waals surface area contributed by atoms with Crippen LogP contribution >= 0.6 is 0 Å². The number of hydrogen-bond acceptors (Lipinski definition) is 5. The van der Waals surface area contributed by atoms with Crippen LogP contribution in [0.5, 0.6) is 5.75 Å². The van der Waals surface area contributed by atoms with Crippen molar-refractivity contribution in [2.45, 2.75) is 80.2 Å². The molecule has 0 N–H and O–H groups in total. The molecule has 150 valence electrons. The van der Waals surface area contributed by atoms with Gasteiger partial charge in [-0.15, -0.1) is 24.1 Å². The third-order valence-corrected chi connectivity index (χ3v) is 1.98. The van der Waals surface area contributed by atoms with E-state index in [4.69, 9.17) is 0 Å². The van der Waals surface area contributed by atoms with Crippen molar-refractivity contribution in [3.8, 4) is 5.75 Å².